The number of carbonyl (C=O) groups is 2. The van der Waals surface area contributed by atoms with E-state index in [4.69, 9.17) is 9.47 Å². The normalized spacial score (nSPS) is 11.3. The summed E-state index contributed by atoms with van der Waals surface area (Å²) in [6, 6.07) is 0. The van der Waals surface area contributed by atoms with Crippen LogP contribution in [0.2, 0.25) is 0 Å². The fourth-order valence-corrected chi connectivity index (χ4v) is 7.77. The Kier molecular flexibility index (Phi) is 47.8. The second-order valence-corrected chi connectivity index (χ2v) is 17.2. The number of ether oxygens (including phenoxy) is 2. The summed E-state index contributed by atoms with van der Waals surface area (Å²) in [6.07, 6.45) is 55.7. The van der Waals surface area contributed by atoms with Crippen molar-refractivity contribution in [2.45, 2.75) is 290 Å². The van der Waals surface area contributed by atoms with Crippen molar-refractivity contribution in [2.75, 3.05) is 19.8 Å². The highest BCUT2D eigenvalue weighted by Gasteiger charge is 2.04. The van der Waals surface area contributed by atoms with Crippen molar-refractivity contribution >= 4 is 12.1 Å². The third-order valence-electron chi connectivity index (χ3n) is 11.6. The molecule has 0 spiro atoms. The minimum Gasteiger partial charge on any atom is -0.466 e. The van der Waals surface area contributed by atoms with Crippen LogP contribution < -0.4 is 5.32 Å². The summed E-state index contributed by atoms with van der Waals surface area (Å²) in [5.74, 6) is -0.0107. The van der Waals surface area contributed by atoms with E-state index in [-0.39, 0.29) is 12.1 Å². The molecular weight excluding hydrogens is 679 g/mol. The van der Waals surface area contributed by atoms with Gasteiger partial charge in [0.1, 0.15) is 0 Å². The summed E-state index contributed by atoms with van der Waals surface area (Å²) in [6.45, 7) is 6.43. The largest absolute Gasteiger partial charge is 0.466 e. The monoisotopic (exact) mass is 778 g/mol. The predicted molar refractivity (Wildman–Crippen MR) is 240 cm³/mol. The molecule has 5 nitrogen and oxygen atoms in total. The Morgan fingerprint density at radius 3 is 0.891 bits per heavy atom. The van der Waals surface area contributed by atoms with Gasteiger partial charge < -0.3 is 14.8 Å². The van der Waals surface area contributed by atoms with Crippen LogP contribution in [-0.4, -0.2) is 31.8 Å². The highest BCUT2D eigenvalue weighted by atomic mass is 16.5. The summed E-state index contributed by atoms with van der Waals surface area (Å²) in [5.41, 5.74) is 0. The average molecular weight is 778 g/mol. The highest BCUT2D eigenvalue weighted by Crippen LogP contribution is 2.16. The van der Waals surface area contributed by atoms with Crippen LogP contribution in [0.3, 0.4) is 0 Å². The third kappa shape index (κ3) is 48.8. The quantitative estimate of drug-likeness (QED) is 0.0494. The van der Waals surface area contributed by atoms with Crippen molar-refractivity contribution in [3.63, 3.8) is 0 Å². The zero-order valence-corrected chi connectivity index (χ0v) is 37.7. The van der Waals surface area contributed by atoms with Crippen molar-refractivity contribution in [3.05, 3.63) is 0 Å². The molecule has 0 aromatic carbocycles. The van der Waals surface area contributed by atoms with Crippen LogP contribution in [0.25, 0.3) is 0 Å². The van der Waals surface area contributed by atoms with Crippen LogP contribution in [0.1, 0.15) is 290 Å². The molecule has 1 amide bonds. The summed E-state index contributed by atoms with van der Waals surface area (Å²) < 4.78 is 10.8. The summed E-state index contributed by atoms with van der Waals surface area (Å²) in [7, 11) is 0. The van der Waals surface area contributed by atoms with Gasteiger partial charge in [0.05, 0.1) is 13.2 Å². The smallest absolute Gasteiger partial charge is 0.407 e. The fraction of sp³-hybridized carbons (Fsp3) is 0.960. The van der Waals surface area contributed by atoms with E-state index in [1.54, 1.807) is 0 Å². The van der Waals surface area contributed by atoms with E-state index in [0.29, 0.717) is 26.2 Å². The van der Waals surface area contributed by atoms with Gasteiger partial charge in [-0.25, -0.2) is 4.79 Å². The minimum absolute atomic E-state index is 0.0107. The van der Waals surface area contributed by atoms with Gasteiger partial charge in [0.2, 0.25) is 0 Å². The first-order chi connectivity index (χ1) is 27.2. The number of alkyl carbamates (subject to hydrolysis) is 1. The molecule has 0 aromatic rings. The van der Waals surface area contributed by atoms with Crippen LogP contribution in [0.4, 0.5) is 4.79 Å². The minimum atomic E-state index is -0.256. The molecule has 0 unspecified atom stereocenters. The molecule has 0 rings (SSSR count). The van der Waals surface area contributed by atoms with E-state index in [1.807, 2.05) is 0 Å². The predicted octanol–water partition coefficient (Wildman–Crippen LogP) is 17.1. The van der Waals surface area contributed by atoms with Crippen LogP contribution in [0, 0.1) is 0 Å². The topological polar surface area (TPSA) is 64.6 Å². The Morgan fingerprint density at radius 2 is 0.564 bits per heavy atom. The Hall–Kier alpha value is -1.26. The van der Waals surface area contributed by atoms with E-state index < -0.39 is 0 Å². The maximum atomic E-state index is 12.0. The van der Waals surface area contributed by atoms with Crippen molar-refractivity contribution in [1.29, 1.82) is 0 Å². The first-order valence-corrected chi connectivity index (χ1v) is 25.3. The standard InChI is InChI=1S/C50H99NO4/c1-3-5-7-9-11-13-15-17-19-20-21-22-23-24-26-27-31-35-39-43-47-54-49(52)45-41-37-33-29-30-34-38-42-46-51-50(53)55-48-44-40-36-32-28-25-18-16-14-12-10-8-6-4-2/h3-48H2,1-2H3,(H,51,53). The van der Waals surface area contributed by atoms with Gasteiger partial charge in [-0.05, 0) is 25.7 Å². The Bertz CT molecular complexity index is 743. The number of esters is 1. The molecule has 0 saturated heterocycles. The molecule has 0 radical (unpaired) electrons. The first kappa shape index (κ1) is 53.7. The van der Waals surface area contributed by atoms with Crippen LogP contribution >= 0.6 is 0 Å². The molecule has 5 heteroatoms. The van der Waals surface area contributed by atoms with Crippen molar-refractivity contribution in [3.8, 4) is 0 Å². The second-order valence-electron chi connectivity index (χ2n) is 17.2. The van der Waals surface area contributed by atoms with Gasteiger partial charge in [-0.1, -0.05) is 258 Å². The van der Waals surface area contributed by atoms with Gasteiger partial charge in [-0.3, -0.25) is 4.79 Å². The van der Waals surface area contributed by atoms with Gasteiger partial charge in [0, 0.05) is 13.0 Å². The van der Waals surface area contributed by atoms with E-state index >= 15 is 0 Å². The molecule has 0 aliphatic heterocycles. The van der Waals surface area contributed by atoms with Crippen molar-refractivity contribution in [1.82, 2.24) is 5.32 Å². The van der Waals surface area contributed by atoms with Crippen LogP contribution in [0.5, 0.6) is 0 Å². The maximum Gasteiger partial charge on any atom is 0.407 e. The van der Waals surface area contributed by atoms with Crippen LogP contribution in [0.15, 0.2) is 0 Å². The maximum absolute atomic E-state index is 12.0. The number of amides is 1. The van der Waals surface area contributed by atoms with E-state index in [0.717, 1.165) is 44.9 Å². The van der Waals surface area contributed by atoms with Crippen molar-refractivity contribution in [2.24, 2.45) is 0 Å². The average Bonchev–Trinajstić information content (AvgIpc) is 3.19. The van der Waals surface area contributed by atoms with Crippen LogP contribution in [-0.2, 0) is 14.3 Å². The number of nitrogens with one attached hydrogen (secondary N) is 1. The van der Waals surface area contributed by atoms with E-state index in [9.17, 15) is 9.59 Å². The first-order valence-electron chi connectivity index (χ1n) is 25.3. The summed E-state index contributed by atoms with van der Waals surface area (Å²) in [4.78, 5) is 24.0. The zero-order chi connectivity index (χ0) is 39.8. The summed E-state index contributed by atoms with van der Waals surface area (Å²) >= 11 is 0. The molecule has 0 heterocycles. The number of unbranched alkanes of at least 4 members (excludes halogenated alkanes) is 39. The van der Waals surface area contributed by atoms with Gasteiger partial charge in [-0.2, -0.15) is 0 Å². The number of rotatable bonds is 47. The Labute approximate surface area is 345 Å². The van der Waals surface area contributed by atoms with E-state index in [2.05, 4.69) is 19.2 Å². The highest BCUT2D eigenvalue weighted by molar-refractivity contribution is 5.69. The fourth-order valence-electron chi connectivity index (χ4n) is 7.77. The Balaban J connectivity index is 3.22. The summed E-state index contributed by atoms with van der Waals surface area (Å²) in [5, 5.41) is 2.91. The molecule has 0 fully saturated rings. The lowest BCUT2D eigenvalue weighted by atomic mass is 10.0. The molecule has 55 heavy (non-hydrogen) atoms. The molecule has 0 atom stereocenters. The number of hydrogen-bond donors (Lipinski definition) is 1. The Morgan fingerprint density at radius 1 is 0.309 bits per heavy atom. The number of carbonyl (C=O) groups excluding carboxylic acids is 2. The van der Waals surface area contributed by atoms with Gasteiger partial charge in [0.15, 0.2) is 0 Å². The van der Waals surface area contributed by atoms with Gasteiger partial charge >= 0.3 is 12.1 Å². The lowest BCUT2D eigenvalue weighted by Crippen LogP contribution is -2.25. The lowest BCUT2D eigenvalue weighted by Gasteiger charge is -2.07. The molecule has 328 valence electrons. The molecule has 0 aliphatic rings. The molecule has 0 aromatic heterocycles. The van der Waals surface area contributed by atoms with E-state index in [1.165, 1.54) is 225 Å². The SMILES string of the molecule is CCCCCCCCCCCCCCCCCCCCCCOC(=O)CCCCCCCCCCNC(=O)OCCCCCCCCCCCCCCCC. The van der Waals surface area contributed by atoms with Crippen molar-refractivity contribution < 1.29 is 19.1 Å². The lowest BCUT2D eigenvalue weighted by molar-refractivity contribution is -0.143. The van der Waals surface area contributed by atoms with Gasteiger partial charge in [0.25, 0.3) is 0 Å². The molecule has 0 saturated carbocycles. The molecule has 0 aliphatic carbocycles. The molecule has 0 bridgehead atoms. The molecule has 1 N–H and O–H groups in total. The second kappa shape index (κ2) is 48.9. The van der Waals surface area contributed by atoms with Gasteiger partial charge in [-0.15, -0.1) is 0 Å². The molecular formula is C50H99NO4. The number of hydrogen-bond acceptors (Lipinski definition) is 4. The third-order valence-corrected chi connectivity index (χ3v) is 11.6. The zero-order valence-electron chi connectivity index (χ0n) is 37.7.